The van der Waals surface area contributed by atoms with Gasteiger partial charge < -0.3 is 15.4 Å². The number of nitrogens with one attached hydrogen (secondary N) is 2. The Morgan fingerprint density at radius 1 is 1.04 bits per heavy atom. The molecule has 2 aromatic carbocycles. The second-order valence-corrected chi connectivity index (χ2v) is 5.34. The maximum atomic E-state index is 12.2. The van der Waals surface area contributed by atoms with Crippen molar-refractivity contribution < 1.29 is 14.7 Å². The number of hydrogen-bond donors (Lipinski definition) is 3. The van der Waals surface area contributed by atoms with Crippen molar-refractivity contribution in [2.24, 2.45) is 0 Å². The highest BCUT2D eigenvalue weighted by Gasteiger charge is 2.09. The molecule has 1 amide bonds. The monoisotopic (exact) mass is 308 g/mol. The van der Waals surface area contributed by atoms with Gasteiger partial charge in [-0.25, -0.2) is 0 Å². The van der Waals surface area contributed by atoms with Crippen LogP contribution in [0.15, 0.2) is 54.6 Å². The molecule has 0 atom stereocenters. The minimum Gasteiger partial charge on any atom is -0.481 e. The number of carbonyl (C=O) groups is 2. The smallest absolute Gasteiger partial charge is 0.309 e. The second-order valence-electron chi connectivity index (χ2n) is 5.34. The van der Waals surface area contributed by atoms with Gasteiger partial charge in [0.25, 0.3) is 5.91 Å². The number of aromatic amines is 1. The van der Waals surface area contributed by atoms with Gasteiger partial charge >= 0.3 is 5.97 Å². The third-order valence-corrected chi connectivity index (χ3v) is 3.58. The van der Waals surface area contributed by atoms with Gasteiger partial charge in [0, 0.05) is 28.7 Å². The zero-order valence-corrected chi connectivity index (χ0v) is 12.4. The van der Waals surface area contributed by atoms with Crippen molar-refractivity contribution in [3.63, 3.8) is 0 Å². The third-order valence-electron chi connectivity index (χ3n) is 3.58. The first kappa shape index (κ1) is 14.8. The average Bonchev–Trinajstić information content (AvgIpc) is 2.94. The Hall–Kier alpha value is -3.08. The van der Waals surface area contributed by atoms with E-state index in [1.807, 2.05) is 30.3 Å². The van der Waals surface area contributed by atoms with Crippen LogP contribution >= 0.6 is 0 Å². The predicted octanol–water partition coefficient (Wildman–Crippen LogP) is 2.73. The van der Waals surface area contributed by atoms with Gasteiger partial charge in [0.1, 0.15) is 0 Å². The van der Waals surface area contributed by atoms with Crippen molar-refractivity contribution >= 4 is 22.8 Å². The molecule has 0 aliphatic rings. The van der Waals surface area contributed by atoms with E-state index in [9.17, 15) is 9.59 Å². The summed E-state index contributed by atoms with van der Waals surface area (Å²) in [7, 11) is 0. The lowest BCUT2D eigenvalue weighted by molar-refractivity contribution is -0.136. The number of amides is 1. The van der Waals surface area contributed by atoms with Crippen LogP contribution in [0.2, 0.25) is 0 Å². The zero-order chi connectivity index (χ0) is 16.2. The first-order chi connectivity index (χ1) is 11.1. The zero-order valence-electron chi connectivity index (χ0n) is 12.4. The fourth-order valence-corrected chi connectivity index (χ4v) is 2.47. The van der Waals surface area contributed by atoms with E-state index >= 15 is 0 Å². The van der Waals surface area contributed by atoms with Crippen molar-refractivity contribution in [1.29, 1.82) is 0 Å². The van der Waals surface area contributed by atoms with E-state index in [0.29, 0.717) is 17.8 Å². The number of benzene rings is 2. The predicted molar refractivity (Wildman–Crippen MR) is 87.3 cm³/mol. The standard InChI is InChI=1S/C18H16N2O3/c21-17(22)10-15-9-14-8-13(6-7-16(14)20-15)18(23)19-11-12-4-2-1-3-5-12/h1-9,20H,10-11H2,(H,19,23)(H,21,22). The first-order valence-corrected chi connectivity index (χ1v) is 7.27. The maximum absolute atomic E-state index is 12.2. The van der Waals surface area contributed by atoms with E-state index < -0.39 is 5.97 Å². The number of aromatic nitrogens is 1. The molecule has 0 aliphatic carbocycles. The van der Waals surface area contributed by atoms with Gasteiger partial charge in [-0.1, -0.05) is 30.3 Å². The number of rotatable bonds is 5. The molecule has 0 radical (unpaired) electrons. The first-order valence-electron chi connectivity index (χ1n) is 7.27. The van der Waals surface area contributed by atoms with Crippen LogP contribution in [0.1, 0.15) is 21.6 Å². The topological polar surface area (TPSA) is 82.2 Å². The van der Waals surface area contributed by atoms with Crippen molar-refractivity contribution in [2.75, 3.05) is 0 Å². The number of carboxylic acids is 1. The molecule has 5 heteroatoms. The molecule has 3 rings (SSSR count). The summed E-state index contributed by atoms with van der Waals surface area (Å²) >= 11 is 0. The fraction of sp³-hybridized carbons (Fsp3) is 0.111. The summed E-state index contributed by atoms with van der Waals surface area (Å²) in [6.07, 6.45) is -0.0653. The number of carboxylic acid groups (broad SMARTS) is 1. The van der Waals surface area contributed by atoms with Gasteiger partial charge in [-0.3, -0.25) is 9.59 Å². The third kappa shape index (κ3) is 3.58. The van der Waals surface area contributed by atoms with Crippen LogP contribution in [0, 0.1) is 0 Å². The van der Waals surface area contributed by atoms with Gasteiger partial charge in [0.2, 0.25) is 0 Å². The van der Waals surface area contributed by atoms with E-state index in [1.54, 1.807) is 24.3 Å². The van der Waals surface area contributed by atoms with Crippen LogP contribution in [-0.4, -0.2) is 22.0 Å². The van der Waals surface area contributed by atoms with Gasteiger partial charge in [-0.2, -0.15) is 0 Å². The SMILES string of the molecule is O=C(O)Cc1cc2cc(C(=O)NCc3ccccc3)ccc2[nH]1. The van der Waals surface area contributed by atoms with Crippen molar-refractivity contribution in [3.8, 4) is 0 Å². The normalized spacial score (nSPS) is 10.6. The van der Waals surface area contributed by atoms with E-state index in [1.165, 1.54) is 0 Å². The molecule has 0 fully saturated rings. The minimum absolute atomic E-state index is 0.0653. The van der Waals surface area contributed by atoms with Crippen LogP contribution in [0.3, 0.4) is 0 Å². The summed E-state index contributed by atoms with van der Waals surface area (Å²) in [5.41, 5.74) is 3.02. The Kier molecular flexibility index (Phi) is 4.10. The Bertz CT molecular complexity index is 853. The van der Waals surface area contributed by atoms with Crippen LogP contribution in [0.25, 0.3) is 10.9 Å². The number of aliphatic carboxylic acids is 1. The molecule has 0 saturated heterocycles. The lowest BCUT2D eigenvalue weighted by Gasteiger charge is -2.05. The number of H-pyrrole nitrogens is 1. The molecule has 3 aromatic rings. The molecular weight excluding hydrogens is 292 g/mol. The highest BCUT2D eigenvalue weighted by molar-refractivity contribution is 5.98. The van der Waals surface area contributed by atoms with Crippen molar-refractivity contribution in [3.05, 3.63) is 71.4 Å². The highest BCUT2D eigenvalue weighted by atomic mass is 16.4. The molecule has 23 heavy (non-hydrogen) atoms. The summed E-state index contributed by atoms with van der Waals surface area (Å²) in [5, 5.41) is 12.5. The van der Waals surface area contributed by atoms with Crippen molar-refractivity contribution in [1.82, 2.24) is 10.3 Å². The van der Waals surface area contributed by atoms with Crippen LogP contribution in [0.5, 0.6) is 0 Å². The molecule has 0 saturated carbocycles. The van der Waals surface area contributed by atoms with Crippen LogP contribution < -0.4 is 5.32 Å². The Morgan fingerprint density at radius 3 is 2.57 bits per heavy atom. The fourth-order valence-electron chi connectivity index (χ4n) is 2.47. The summed E-state index contributed by atoms with van der Waals surface area (Å²) in [4.78, 5) is 26.0. The summed E-state index contributed by atoms with van der Waals surface area (Å²) < 4.78 is 0. The largest absolute Gasteiger partial charge is 0.481 e. The molecule has 5 nitrogen and oxygen atoms in total. The van der Waals surface area contributed by atoms with E-state index in [4.69, 9.17) is 5.11 Å². The summed E-state index contributed by atoms with van der Waals surface area (Å²) in [5.74, 6) is -1.05. The van der Waals surface area contributed by atoms with E-state index in [0.717, 1.165) is 16.5 Å². The Labute approximate surface area is 133 Å². The van der Waals surface area contributed by atoms with Gasteiger partial charge in [0.15, 0.2) is 0 Å². The minimum atomic E-state index is -0.891. The van der Waals surface area contributed by atoms with Gasteiger partial charge in [-0.15, -0.1) is 0 Å². The molecule has 0 unspecified atom stereocenters. The van der Waals surface area contributed by atoms with Crippen LogP contribution in [-0.2, 0) is 17.8 Å². The molecule has 0 spiro atoms. The average molecular weight is 308 g/mol. The number of hydrogen-bond acceptors (Lipinski definition) is 2. The highest BCUT2D eigenvalue weighted by Crippen LogP contribution is 2.18. The van der Waals surface area contributed by atoms with Gasteiger partial charge in [0.05, 0.1) is 6.42 Å². The summed E-state index contributed by atoms with van der Waals surface area (Å²) in [6.45, 7) is 0.467. The lowest BCUT2D eigenvalue weighted by atomic mass is 10.1. The number of carbonyl (C=O) groups excluding carboxylic acids is 1. The van der Waals surface area contributed by atoms with Gasteiger partial charge in [-0.05, 0) is 29.8 Å². The molecule has 0 aliphatic heterocycles. The molecular formula is C18H16N2O3. The van der Waals surface area contributed by atoms with Crippen molar-refractivity contribution in [2.45, 2.75) is 13.0 Å². The molecule has 1 aromatic heterocycles. The Balaban J connectivity index is 1.74. The van der Waals surface area contributed by atoms with E-state index in [2.05, 4.69) is 10.3 Å². The summed E-state index contributed by atoms with van der Waals surface area (Å²) in [6, 6.07) is 16.7. The molecule has 1 heterocycles. The Morgan fingerprint density at radius 2 is 1.83 bits per heavy atom. The second kappa shape index (κ2) is 6.36. The molecule has 3 N–H and O–H groups in total. The maximum Gasteiger partial charge on any atom is 0.309 e. The molecule has 116 valence electrons. The number of fused-ring (bicyclic) bond motifs is 1. The quantitative estimate of drug-likeness (QED) is 0.678. The molecule has 0 bridgehead atoms. The van der Waals surface area contributed by atoms with Crippen LogP contribution in [0.4, 0.5) is 0 Å². The lowest BCUT2D eigenvalue weighted by Crippen LogP contribution is -2.22. The van der Waals surface area contributed by atoms with E-state index in [-0.39, 0.29) is 12.3 Å².